The Morgan fingerprint density at radius 3 is 2.37 bits per heavy atom. The van der Waals surface area contributed by atoms with E-state index in [0.717, 1.165) is 16.8 Å². The van der Waals surface area contributed by atoms with Gasteiger partial charge in [0.25, 0.3) is 0 Å². The fraction of sp³-hybridized carbons (Fsp3) is 0.136. The van der Waals surface area contributed by atoms with E-state index in [-0.39, 0.29) is 12.4 Å². The predicted octanol–water partition coefficient (Wildman–Crippen LogP) is 5.45. The normalized spacial score (nSPS) is 10.3. The Kier molecular flexibility index (Phi) is 7.71. The van der Waals surface area contributed by atoms with Crippen LogP contribution in [-0.2, 0) is 6.61 Å². The second kappa shape index (κ2) is 10.2. The summed E-state index contributed by atoms with van der Waals surface area (Å²) in [6.45, 7) is 2.56. The molecule has 3 rings (SSSR count). The van der Waals surface area contributed by atoms with Crippen molar-refractivity contribution < 1.29 is 9.47 Å². The van der Waals surface area contributed by atoms with Crippen molar-refractivity contribution in [3.63, 3.8) is 0 Å². The average Bonchev–Trinajstić information content (AvgIpc) is 2.69. The zero-order valence-corrected chi connectivity index (χ0v) is 16.2. The number of rotatable bonds is 7. The van der Waals surface area contributed by atoms with Crippen LogP contribution in [0.15, 0.2) is 77.9 Å². The Morgan fingerprint density at radius 1 is 0.926 bits per heavy atom. The SMILES string of the molecule is COc1cc(/C=N/Nc2ccc(C)cc2)ccc1OCc1ccccc1.Cl. The van der Waals surface area contributed by atoms with Crippen molar-refractivity contribution >= 4 is 24.3 Å². The molecule has 0 aliphatic carbocycles. The third kappa shape index (κ3) is 6.04. The summed E-state index contributed by atoms with van der Waals surface area (Å²) in [6.07, 6.45) is 1.75. The molecule has 0 amide bonds. The highest BCUT2D eigenvalue weighted by atomic mass is 35.5. The number of halogens is 1. The maximum Gasteiger partial charge on any atom is 0.161 e. The van der Waals surface area contributed by atoms with Gasteiger partial charge in [-0.3, -0.25) is 5.43 Å². The van der Waals surface area contributed by atoms with E-state index in [1.807, 2.05) is 72.8 Å². The monoisotopic (exact) mass is 382 g/mol. The van der Waals surface area contributed by atoms with Crippen molar-refractivity contribution in [3.8, 4) is 11.5 Å². The van der Waals surface area contributed by atoms with Crippen LogP contribution in [0.5, 0.6) is 11.5 Å². The largest absolute Gasteiger partial charge is 0.493 e. The highest BCUT2D eigenvalue weighted by Gasteiger charge is 2.05. The average molecular weight is 383 g/mol. The smallest absolute Gasteiger partial charge is 0.161 e. The van der Waals surface area contributed by atoms with E-state index < -0.39 is 0 Å². The number of hydrogen-bond acceptors (Lipinski definition) is 4. The van der Waals surface area contributed by atoms with E-state index in [0.29, 0.717) is 18.1 Å². The Bertz CT molecular complexity index is 865. The molecule has 0 radical (unpaired) electrons. The lowest BCUT2D eigenvalue weighted by atomic mass is 10.2. The minimum atomic E-state index is 0. The summed E-state index contributed by atoms with van der Waals surface area (Å²) in [6, 6.07) is 23.9. The van der Waals surface area contributed by atoms with Crippen LogP contribution in [-0.4, -0.2) is 13.3 Å². The Labute approximate surface area is 166 Å². The Hall–Kier alpha value is -2.98. The predicted molar refractivity (Wildman–Crippen MR) is 113 cm³/mol. The van der Waals surface area contributed by atoms with Gasteiger partial charge >= 0.3 is 0 Å². The molecule has 0 bridgehead atoms. The van der Waals surface area contributed by atoms with Crippen LogP contribution < -0.4 is 14.9 Å². The molecule has 0 aliphatic rings. The van der Waals surface area contributed by atoms with E-state index in [1.54, 1.807) is 13.3 Å². The van der Waals surface area contributed by atoms with Gasteiger partial charge in [-0.2, -0.15) is 5.10 Å². The molecule has 140 valence electrons. The van der Waals surface area contributed by atoms with Crippen LogP contribution in [0.25, 0.3) is 0 Å². The first kappa shape index (κ1) is 20.3. The number of hydrogen-bond donors (Lipinski definition) is 1. The van der Waals surface area contributed by atoms with Crippen molar-refractivity contribution in [2.45, 2.75) is 13.5 Å². The molecule has 3 aromatic carbocycles. The first-order chi connectivity index (χ1) is 12.7. The minimum absolute atomic E-state index is 0. The van der Waals surface area contributed by atoms with Gasteiger partial charge in [-0.1, -0.05) is 48.0 Å². The highest BCUT2D eigenvalue weighted by molar-refractivity contribution is 5.85. The number of nitrogens with zero attached hydrogens (tertiary/aromatic N) is 1. The van der Waals surface area contributed by atoms with Crippen LogP contribution in [0.1, 0.15) is 16.7 Å². The van der Waals surface area contributed by atoms with Gasteiger partial charge in [-0.15, -0.1) is 12.4 Å². The number of hydrazone groups is 1. The van der Waals surface area contributed by atoms with E-state index in [2.05, 4.69) is 17.5 Å². The standard InChI is InChI=1S/C22H22N2O2.ClH/c1-17-8-11-20(12-9-17)24-23-15-19-10-13-21(22(14-19)25-2)26-16-18-6-4-3-5-7-18;/h3-15,24H,16H2,1-2H3;1H/b23-15+;. The van der Waals surface area contributed by atoms with Crippen molar-refractivity contribution in [2.75, 3.05) is 12.5 Å². The fourth-order valence-corrected chi connectivity index (χ4v) is 2.43. The lowest BCUT2D eigenvalue weighted by molar-refractivity contribution is 0.284. The van der Waals surface area contributed by atoms with Crippen molar-refractivity contribution in [1.82, 2.24) is 0 Å². The number of methoxy groups -OCH3 is 1. The lowest BCUT2D eigenvalue weighted by Gasteiger charge is -2.11. The van der Waals surface area contributed by atoms with E-state index >= 15 is 0 Å². The van der Waals surface area contributed by atoms with Crippen LogP contribution in [0, 0.1) is 6.92 Å². The van der Waals surface area contributed by atoms with Gasteiger partial charge in [0, 0.05) is 0 Å². The van der Waals surface area contributed by atoms with Crippen molar-refractivity contribution in [2.24, 2.45) is 5.10 Å². The molecular formula is C22H23ClN2O2. The molecule has 1 N–H and O–H groups in total. The number of aryl methyl sites for hydroxylation is 1. The molecule has 0 aromatic heterocycles. The number of nitrogens with one attached hydrogen (secondary N) is 1. The number of ether oxygens (including phenoxy) is 2. The van der Waals surface area contributed by atoms with Gasteiger partial charge in [0.2, 0.25) is 0 Å². The molecule has 5 heteroatoms. The molecule has 0 atom stereocenters. The molecule has 0 fully saturated rings. The van der Waals surface area contributed by atoms with Crippen LogP contribution in [0.4, 0.5) is 5.69 Å². The minimum Gasteiger partial charge on any atom is -0.493 e. The summed E-state index contributed by atoms with van der Waals surface area (Å²) >= 11 is 0. The summed E-state index contributed by atoms with van der Waals surface area (Å²) in [5.41, 5.74) is 7.22. The van der Waals surface area contributed by atoms with Gasteiger partial charge in [-0.25, -0.2) is 0 Å². The molecule has 3 aromatic rings. The molecular weight excluding hydrogens is 360 g/mol. The van der Waals surface area contributed by atoms with Crippen LogP contribution in [0.2, 0.25) is 0 Å². The summed E-state index contributed by atoms with van der Waals surface area (Å²) in [4.78, 5) is 0. The van der Waals surface area contributed by atoms with Crippen molar-refractivity contribution in [1.29, 1.82) is 0 Å². The molecule has 0 unspecified atom stereocenters. The Balaban J connectivity index is 0.00000261. The van der Waals surface area contributed by atoms with Gasteiger partial charge in [0.15, 0.2) is 11.5 Å². The quantitative estimate of drug-likeness (QED) is 0.436. The number of anilines is 1. The second-order valence-corrected chi connectivity index (χ2v) is 5.92. The molecule has 0 saturated carbocycles. The zero-order valence-electron chi connectivity index (χ0n) is 15.4. The molecule has 0 spiro atoms. The number of benzene rings is 3. The maximum absolute atomic E-state index is 5.87. The summed E-state index contributed by atoms with van der Waals surface area (Å²) in [7, 11) is 1.64. The summed E-state index contributed by atoms with van der Waals surface area (Å²) < 4.78 is 11.3. The van der Waals surface area contributed by atoms with Gasteiger partial charge in [-0.05, 0) is 48.4 Å². The summed E-state index contributed by atoms with van der Waals surface area (Å²) in [5, 5.41) is 4.27. The molecule has 27 heavy (non-hydrogen) atoms. The second-order valence-electron chi connectivity index (χ2n) is 5.92. The lowest BCUT2D eigenvalue weighted by Crippen LogP contribution is -1.98. The first-order valence-corrected chi connectivity index (χ1v) is 8.45. The van der Waals surface area contributed by atoms with Crippen LogP contribution >= 0.6 is 12.4 Å². The van der Waals surface area contributed by atoms with Gasteiger partial charge in [0.05, 0.1) is 19.0 Å². The maximum atomic E-state index is 5.87. The summed E-state index contributed by atoms with van der Waals surface area (Å²) in [5.74, 6) is 1.39. The first-order valence-electron chi connectivity index (χ1n) is 8.45. The van der Waals surface area contributed by atoms with E-state index in [1.165, 1.54) is 5.56 Å². The van der Waals surface area contributed by atoms with Crippen molar-refractivity contribution in [3.05, 3.63) is 89.5 Å². The molecule has 0 heterocycles. The topological polar surface area (TPSA) is 42.8 Å². The highest BCUT2D eigenvalue weighted by Crippen LogP contribution is 2.28. The molecule has 4 nitrogen and oxygen atoms in total. The third-order valence-electron chi connectivity index (χ3n) is 3.88. The van der Waals surface area contributed by atoms with E-state index in [9.17, 15) is 0 Å². The Morgan fingerprint density at radius 2 is 1.67 bits per heavy atom. The molecule has 0 aliphatic heterocycles. The zero-order chi connectivity index (χ0) is 18.2. The van der Waals surface area contributed by atoms with E-state index in [4.69, 9.17) is 9.47 Å². The third-order valence-corrected chi connectivity index (χ3v) is 3.88. The molecule has 0 saturated heterocycles. The van der Waals surface area contributed by atoms with Crippen LogP contribution in [0.3, 0.4) is 0 Å². The van der Waals surface area contributed by atoms with Gasteiger partial charge < -0.3 is 9.47 Å². The fourth-order valence-electron chi connectivity index (χ4n) is 2.43. The van der Waals surface area contributed by atoms with Gasteiger partial charge in [0.1, 0.15) is 6.61 Å².